The predicted molar refractivity (Wildman–Crippen MR) is 51.5 cm³/mol. The summed E-state index contributed by atoms with van der Waals surface area (Å²) in [4.78, 5) is 11.0. The normalized spacial score (nSPS) is 14.6. The van der Waals surface area contributed by atoms with Gasteiger partial charge in [0.1, 0.15) is 6.54 Å². The van der Waals surface area contributed by atoms with Crippen molar-refractivity contribution in [2.75, 3.05) is 6.54 Å². The molecule has 1 atom stereocenters. The van der Waals surface area contributed by atoms with Crippen LogP contribution in [0.2, 0.25) is 0 Å². The van der Waals surface area contributed by atoms with Crippen LogP contribution >= 0.6 is 0 Å². The molecule has 0 bridgehead atoms. The summed E-state index contributed by atoms with van der Waals surface area (Å²) in [5, 5.41) is 4.19. The lowest BCUT2D eigenvalue weighted by molar-refractivity contribution is -0.122. The molecule has 6 heteroatoms. The summed E-state index contributed by atoms with van der Waals surface area (Å²) >= 11 is 0. The van der Waals surface area contributed by atoms with Gasteiger partial charge in [0.2, 0.25) is 0 Å². The van der Waals surface area contributed by atoms with Crippen LogP contribution in [0.25, 0.3) is 0 Å². The van der Waals surface area contributed by atoms with Gasteiger partial charge in [-0.3, -0.25) is 0 Å². The zero-order valence-corrected chi connectivity index (χ0v) is 9.33. The van der Waals surface area contributed by atoms with Gasteiger partial charge in [0.05, 0.1) is 0 Å². The molecule has 0 aromatic carbocycles. The monoisotopic (exact) mass is 226 g/mol. The Bertz CT molecular complexity index is 220. The third-order valence-corrected chi connectivity index (χ3v) is 2.10. The van der Waals surface area contributed by atoms with Crippen molar-refractivity contribution in [2.45, 2.75) is 39.9 Å². The van der Waals surface area contributed by atoms with Crippen LogP contribution in [-0.2, 0) is 0 Å². The Labute approximate surface area is 87.4 Å². The van der Waals surface area contributed by atoms with Gasteiger partial charge in [-0.05, 0) is 12.3 Å². The maximum absolute atomic E-state index is 11.7. The highest BCUT2D eigenvalue weighted by molar-refractivity contribution is 5.74. The van der Waals surface area contributed by atoms with Crippen molar-refractivity contribution in [3.05, 3.63) is 0 Å². The van der Waals surface area contributed by atoms with Gasteiger partial charge in [0.15, 0.2) is 0 Å². The fourth-order valence-corrected chi connectivity index (χ4v) is 0.645. The molecule has 0 aliphatic heterocycles. The molecule has 0 aliphatic carbocycles. The number of amides is 2. The fraction of sp³-hybridized carbons (Fsp3) is 0.889. The summed E-state index contributed by atoms with van der Waals surface area (Å²) in [6, 6.07) is -1.000. The smallest absolute Gasteiger partial charge is 0.335 e. The highest BCUT2D eigenvalue weighted by Gasteiger charge is 2.28. The molecule has 1 unspecified atom stereocenters. The molecular weight excluding hydrogens is 209 g/mol. The van der Waals surface area contributed by atoms with E-state index in [1.54, 1.807) is 12.2 Å². The van der Waals surface area contributed by atoms with Crippen molar-refractivity contribution in [3.8, 4) is 0 Å². The van der Waals surface area contributed by atoms with Crippen LogP contribution in [0.1, 0.15) is 27.7 Å². The minimum Gasteiger partial charge on any atom is -0.335 e. The van der Waals surface area contributed by atoms with Gasteiger partial charge in [-0.25, -0.2) is 4.79 Å². The first-order valence-electron chi connectivity index (χ1n) is 4.63. The fourth-order valence-electron chi connectivity index (χ4n) is 0.645. The van der Waals surface area contributed by atoms with Gasteiger partial charge < -0.3 is 10.6 Å². The van der Waals surface area contributed by atoms with Crippen LogP contribution in [-0.4, -0.2) is 24.8 Å². The molecule has 0 aromatic heterocycles. The number of carbonyl (C=O) groups excluding carboxylic acids is 1. The van der Waals surface area contributed by atoms with Gasteiger partial charge in [0.25, 0.3) is 0 Å². The van der Waals surface area contributed by atoms with Crippen LogP contribution in [0.3, 0.4) is 0 Å². The lowest BCUT2D eigenvalue weighted by Gasteiger charge is -2.28. The molecule has 0 spiro atoms. The van der Waals surface area contributed by atoms with E-state index in [2.05, 4.69) is 5.32 Å². The van der Waals surface area contributed by atoms with E-state index in [1.807, 2.05) is 20.8 Å². The Morgan fingerprint density at radius 3 is 2.07 bits per heavy atom. The van der Waals surface area contributed by atoms with Crippen LogP contribution < -0.4 is 10.6 Å². The maximum Gasteiger partial charge on any atom is 0.405 e. The first kappa shape index (κ1) is 14.1. The van der Waals surface area contributed by atoms with E-state index in [0.29, 0.717) is 0 Å². The average Bonchev–Trinajstić information content (AvgIpc) is 1.97. The van der Waals surface area contributed by atoms with Crippen molar-refractivity contribution in [1.82, 2.24) is 10.6 Å². The highest BCUT2D eigenvalue weighted by Crippen LogP contribution is 2.18. The standard InChI is InChI=1S/C9H17F3N2O/c1-6(8(2,3)4)14-7(15)13-5-9(10,11)12/h6H,5H2,1-4H3,(H2,13,14,15). The van der Waals surface area contributed by atoms with Crippen molar-refractivity contribution in [2.24, 2.45) is 5.41 Å². The molecule has 0 rings (SSSR count). The van der Waals surface area contributed by atoms with Gasteiger partial charge in [-0.1, -0.05) is 20.8 Å². The second-order valence-corrected chi connectivity index (χ2v) is 4.53. The number of urea groups is 1. The summed E-state index contributed by atoms with van der Waals surface area (Å²) in [5.41, 5.74) is -0.185. The third-order valence-electron chi connectivity index (χ3n) is 2.10. The van der Waals surface area contributed by atoms with E-state index in [0.717, 1.165) is 0 Å². The van der Waals surface area contributed by atoms with E-state index >= 15 is 0 Å². The number of hydrogen-bond acceptors (Lipinski definition) is 1. The van der Waals surface area contributed by atoms with E-state index < -0.39 is 18.8 Å². The molecule has 0 aromatic rings. The van der Waals surface area contributed by atoms with Crippen molar-refractivity contribution >= 4 is 6.03 Å². The van der Waals surface area contributed by atoms with Gasteiger partial charge in [-0.15, -0.1) is 0 Å². The van der Waals surface area contributed by atoms with Crippen molar-refractivity contribution < 1.29 is 18.0 Å². The summed E-state index contributed by atoms with van der Waals surface area (Å²) in [5.74, 6) is 0. The van der Waals surface area contributed by atoms with E-state index in [4.69, 9.17) is 0 Å². The molecule has 0 aliphatic rings. The summed E-state index contributed by atoms with van der Waals surface area (Å²) in [6.45, 7) is 6.11. The lowest BCUT2D eigenvalue weighted by Crippen LogP contribution is -2.48. The molecule has 0 fully saturated rings. The van der Waals surface area contributed by atoms with Crippen LogP contribution in [0, 0.1) is 5.41 Å². The molecule has 0 heterocycles. The van der Waals surface area contributed by atoms with Crippen LogP contribution in [0.4, 0.5) is 18.0 Å². The molecule has 15 heavy (non-hydrogen) atoms. The Kier molecular flexibility index (Phi) is 4.42. The van der Waals surface area contributed by atoms with Crippen molar-refractivity contribution in [1.29, 1.82) is 0 Å². The maximum atomic E-state index is 11.7. The number of carbonyl (C=O) groups is 1. The average molecular weight is 226 g/mol. The summed E-state index contributed by atoms with van der Waals surface area (Å²) in [7, 11) is 0. The molecular formula is C9H17F3N2O. The SMILES string of the molecule is CC(NC(=O)NCC(F)(F)F)C(C)(C)C. The van der Waals surface area contributed by atoms with Gasteiger partial charge >= 0.3 is 12.2 Å². The Morgan fingerprint density at radius 1 is 1.27 bits per heavy atom. The van der Waals surface area contributed by atoms with Crippen molar-refractivity contribution in [3.63, 3.8) is 0 Å². The molecule has 0 saturated carbocycles. The molecule has 90 valence electrons. The number of rotatable bonds is 2. The van der Waals surface area contributed by atoms with Gasteiger partial charge in [-0.2, -0.15) is 13.2 Å². The van der Waals surface area contributed by atoms with Gasteiger partial charge in [0, 0.05) is 6.04 Å². The second kappa shape index (κ2) is 4.72. The zero-order valence-electron chi connectivity index (χ0n) is 9.33. The molecule has 2 N–H and O–H groups in total. The number of alkyl halides is 3. The lowest BCUT2D eigenvalue weighted by atomic mass is 9.88. The number of nitrogens with one attached hydrogen (secondary N) is 2. The largest absolute Gasteiger partial charge is 0.405 e. The van der Waals surface area contributed by atoms with E-state index in [9.17, 15) is 18.0 Å². The number of halogens is 3. The number of hydrogen-bond donors (Lipinski definition) is 2. The topological polar surface area (TPSA) is 41.1 Å². The summed E-state index contributed by atoms with van der Waals surface area (Å²) in [6.07, 6.45) is -4.37. The van der Waals surface area contributed by atoms with E-state index in [-0.39, 0.29) is 11.5 Å². The molecule has 0 saturated heterocycles. The quantitative estimate of drug-likeness (QED) is 0.745. The molecule has 2 amide bonds. The second-order valence-electron chi connectivity index (χ2n) is 4.53. The van der Waals surface area contributed by atoms with Crippen LogP contribution in [0.15, 0.2) is 0 Å². The Balaban J connectivity index is 3.96. The highest BCUT2D eigenvalue weighted by atomic mass is 19.4. The van der Waals surface area contributed by atoms with Crippen LogP contribution in [0.5, 0.6) is 0 Å². The summed E-state index contributed by atoms with van der Waals surface area (Å²) < 4.78 is 35.2. The first-order chi connectivity index (χ1) is 6.52. The minimum absolute atomic E-state index is 0.185. The zero-order chi connectivity index (χ0) is 12.3. The minimum atomic E-state index is -4.37. The Hall–Kier alpha value is -0.940. The molecule has 0 radical (unpaired) electrons. The van der Waals surface area contributed by atoms with E-state index in [1.165, 1.54) is 0 Å². The third kappa shape index (κ3) is 7.04. The molecule has 3 nitrogen and oxygen atoms in total. The predicted octanol–water partition coefficient (Wildman–Crippen LogP) is 2.28. The Morgan fingerprint density at radius 2 is 1.73 bits per heavy atom. The first-order valence-corrected chi connectivity index (χ1v) is 4.63.